The van der Waals surface area contributed by atoms with Gasteiger partial charge in [0, 0.05) is 12.7 Å². The summed E-state index contributed by atoms with van der Waals surface area (Å²) < 4.78 is 5.49. The van der Waals surface area contributed by atoms with Gasteiger partial charge in [0.05, 0.1) is 0 Å². The summed E-state index contributed by atoms with van der Waals surface area (Å²) in [7, 11) is 0. The molecule has 0 spiro atoms. The average molecular weight is 240 g/mol. The molecule has 0 aliphatic heterocycles. The molecule has 0 amide bonds. The van der Waals surface area contributed by atoms with Crippen molar-refractivity contribution in [1.82, 2.24) is 15.2 Å². The van der Waals surface area contributed by atoms with Gasteiger partial charge in [0.15, 0.2) is 0 Å². The number of nitrogens with one attached hydrogen (secondary N) is 2. The third kappa shape index (κ3) is 2.24. The molecule has 0 saturated carbocycles. The van der Waals surface area contributed by atoms with Crippen LogP contribution >= 0.6 is 0 Å². The van der Waals surface area contributed by atoms with Gasteiger partial charge in [-0.25, -0.2) is 0 Å². The van der Waals surface area contributed by atoms with Gasteiger partial charge in [-0.15, -0.1) is 5.10 Å². The molecule has 1 aromatic carbocycles. The topological polar surface area (TPSA) is 66.7 Å². The van der Waals surface area contributed by atoms with Crippen molar-refractivity contribution < 1.29 is 4.42 Å². The molecule has 2 heterocycles. The Labute approximate surface area is 104 Å². The van der Waals surface area contributed by atoms with Crippen molar-refractivity contribution in [3.63, 3.8) is 0 Å². The summed E-state index contributed by atoms with van der Waals surface area (Å²) in [5.74, 6) is 0.482. The number of H-pyrrole nitrogens is 1. The average Bonchev–Trinajstić information content (AvgIpc) is 3.08. The van der Waals surface area contributed by atoms with Gasteiger partial charge in [0.2, 0.25) is 0 Å². The maximum absolute atomic E-state index is 5.49. The number of anilines is 1. The molecule has 0 atom stereocenters. The number of nitrogens with zero attached hydrogens (tertiary/aromatic N) is 2. The Morgan fingerprint density at radius 2 is 1.94 bits per heavy atom. The van der Waals surface area contributed by atoms with Crippen LogP contribution in [0.25, 0.3) is 11.6 Å². The normalized spacial score (nSPS) is 10.4. The van der Waals surface area contributed by atoms with Crippen LogP contribution in [0.5, 0.6) is 0 Å². The minimum Gasteiger partial charge on any atom is -0.402 e. The summed E-state index contributed by atoms with van der Waals surface area (Å²) in [5, 5.41) is 11.0. The zero-order valence-corrected chi connectivity index (χ0v) is 9.63. The molecule has 0 aliphatic rings. The molecule has 2 N–H and O–H groups in total. The number of hydrogen-bond donors (Lipinski definition) is 2. The predicted molar refractivity (Wildman–Crippen MR) is 67.9 cm³/mol. The van der Waals surface area contributed by atoms with Crippen LogP contribution < -0.4 is 5.32 Å². The Kier molecular flexibility index (Phi) is 2.79. The highest BCUT2D eigenvalue weighted by Gasteiger charge is 2.08. The second-order valence-electron chi connectivity index (χ2n) is 3.84. The zero-order valence-electron chi connectivity index (χ0n) is 9.63. The molecule has 5 heteroatoms. The molecule has 0 bridgehead atoms. The Hall–Kier alpha value is -2.56. The summed E-state index contributed by atoms with van der Waals surface area (Å²) in [6, 6.07) is 14.2. The van der Waals surface area contributed by atoms with Gasteiger partial charge in [-0.05, 0) is 17.7 Å². The third-order valence-corrected chi connectivity index (χ3v) is 2.54. The minimum absolute atomic E-state index is 0.420. The predicted octanol–water partition coefficient (Wildman–Crippen LogP) is 2.68. The Balaban J connectivity index is 1.68. The Bertz CT molecular complexity index is 601. The van der Waals surface area contributed by atoms with Crippen LogP contribution in [0.1, 0.15) is 5.56 Å². The molecular formula is C13H12N4O. The van der Waals surface area contributed by atoms with Crippen molar-refractivity contribution in [1.29, 1.82) is 0 Å². The molecule has 2 aromatic heterocycles. The van der Waals surface area contributed by atoms with Gasteiger partial charge >= 0.3 is 6.01 Å². The van der Waals surface area contributed by atoms with Crippen molar-refractivity contribution in [2.24, 2.45) is 0 Å². The molecule has 90 valence electrons. The lowest BCUT2D eigenvalue weighted by atomic mass is 10.2. The zero-order chi connectivity index (χ0) is 12.2. The van der Waals surface area contributed by atoms with E-state index in [2.05, 4.69) is 20.5 Å². The van der Waals surface area contributed by atoms with Crippen LogP contribution in [-0.4, -0.2) is 15.2 Å². The van der Waals surface area contributed by atoms with Gasteiger partial charge in [0.1, 0.15) is 5.69 Å². The first-order valence-electron chi connectivity index (χ1n) is 5.67. The van der Waals surface area contributed by atoms with Gasteiger partial charge in [-0.2, -0.15) is 0 Å². The lowest BCUT2D eigenvalue weighted by Crippen LogP contribution is -1.98. The molecule has 5 nitrogen and oxygen atoms in total. The van der Waals surface area contributed by atoms with Crippen LogP contribution in [0.3, 0.4) is 0 Å². The molecule has 3 rings (SSSR count). The molecule has 0 saturated heterocycles. The number of aromatic nitrogens is 3. The fraction of sp³-hybridized carbons (Fsp3) is 0.0769. The van der Waals surface area contributed by atoms with Gasteiger partial charge < -0.3 is 14.7 Å². The molecule has 0 radical (unpaired) electrons. The van der Waals surface area contributed by atoms with E-state index in [1.54, 1.807) is 0 Å². The second kappa shape index (κ2) is 4.75. The maximum Gasteiger partial charge on any atom is 0.316 e. The fourth-order valence-electron chi connectivity index (χ4n) is 1.64. The monoisotopic (exact) mass is 240 g/mol. The van der Waals surface area contributed by atoms with E-state index < -0.39 is 0 Å². The first kappa shape index (κ1) is 10.6. The highest BCUT2D eigenvalue weighted by Crippen LogP contribution is 2.17. The van der Waals surface area contributed by atoms with Crippen LogP contribution in [0.2, 0.25) is 0 Å². The smallest absolute Gasteiger partial charge is 0.316 e. The van der Waals surface area contributed by atoms with Gasteiger partial charge in [-0.3, -0.25) is 0 Å². The highest BCUT2D eigenvalue weighted by atomic mass is 16.4. The van der Waals surface area contributed by atoms with E-state index in [-0.39, 0.29) is 0 Å². The minimum atomic E-state index is 0.420. The van der Waals surface area contributed by atoms with E-state index in [1.165, 1.54) is 0 Å². The van der Waals surface area contributed by atoms with Crippen molar-refractivity contribution in [3.05, 3.63) is 54.2 Å². The number of rotatable bonds is 4. The van der Waals surface area contributed by atoms with E-state index in [1.807, 2.05) is 48.7 Å². The van der Waals surface area contributed by atoms with Crippen molar-refractivity contribution in [3.8, 4) is 11.6 Å². The van der Waals surface area contributed by atoms with Gasteiger partial charge in [-0.1, -0.05) is 35.4 Å². The number of hydrogen-bond acceptors (Lipinski definition) is 4. The first-order valence-corrected chi connectivity index (χ1v) is 5.67. The summed E-state index contributed by atoms with van der Waals surface area (Å²) in [5.41, 5.74) is 1.98. The molecule has 0 aliphatic carbocycles. The number of benzene rings is 1. The largest absolute Gasteiger partial charge is 0.402 e. The fourth-order valence-corrected chi connectivity index (χ4v) is 1.64. The van der Waals surface area contributed by atoms with E-state index in [4.69, 9.17) is 4.42 Å². The summed E-state index contributed by atoms with van der Waals surface area (Å²) >= 11 is 0. The van der Waals surface area contributed by atoms with E-state index >= 15 is 0 Å². The standard InChI is InChI=1S/C13H12N4O/c1-2-5-10(6-3-1)9-15-13-17-16-12(18-13)11-7-4-8-14-11/h1-8,14H,9H2,(H,15,17). The molecular weight excluding hydrogens is 228 g/mol. The van der Waals surface area contributed by atoms with Crippen LogP contribution in [0.4, 0.5) is 6.01 Å². The molecule has 0 fully saturated rings. The Morgan fingerprint density at radius 1 is 1.06 bits per heavy atom. The Morgan fingerprint density at radius 3 is 2.72 bits per heavy atom. The lowest BCUT2D eigenvalue weighted by molar-refractivity contribution is 0.579. The summed E-state index contributed by atoms with van der Waals surface area (Å²) in [4.78, 5) is 3.02. The van der Waals surface area contributed by atoms with Crippen molar-refractivity contribution in [2.75, 3.05) is 5.32 Å². The molecule has 3 aromatic rings. The first-order chi connectivity index (χ1) is 8.92. The van der Waals surface area contributed by atoms with Gasteiger partial charge in [0.25, 0.3) is 5.89 Å². The third-order valence-electron chi connectivity index (χ3n) is 2.54. The second-order valence-corrected chi connectivity index (χ2v) is 3.84. The molecule has 0 unspecified atom stereocenters. The summed E-state index contributed by atoms with van der Waals surface area (Å²) in [6.07, 6.45) is 1.82. The van der Waals surface area contributed by atoms with Crippen LogP contribution in [-0.2, 0) is 6.54 Å². The summed E-state index contributed by atoms with van der Waals surface area (Å²) in [6.45, 7) is 0.660. The maximum atomic E-state index is 5.49. The SMILES string of the molecule is c1ccc(CNc2nnc(-c3ccc[nH]3)o2)cc1. The number of aromatic amines is 1. The van der Waals surface area contributed by atoms with Crippen molar-refractivity contribution >= 4 is 6.01 Å². The van der Waals surface area contributed by atoms with E-state index in [9.17, 15) is 0 Å². The van der Waals surface area contributed by atoms with E-state index in [0.29, 0.717) is 18.5 Å². The highest BCUT2D eigenvalue weighted by molar-refractivity contribution is 5.47. The lowest BCUT2D eigenvalue weighted by Gasteiger charge is -2.00. The van der Waals surface area contributed by atoms with Crippen LogP contribution in [0, 0.1) is 0 Å². The molecule has 18 heavy (non-hydrogen) atoms. The quantitative estimate of drug-likeness (QED) is 0.735. The van der Waals surface area contributed by atoms with Crippen LogP contribution in [0.15, 0.2) is 53.1 Å². The van der Waals surface area contributed by atoms with Crippen molar-refractivity contribution in [2.45, 2.75) is 6.54 Å². The van der Waals surface area contributed by atoms with E-state index in [0.717, 1.165) is 11.3 Å².